The van der Waals surface area contributed by atoms with Crippen LogP contribution in [0.3, 0.4) is 0 Å². The largest absolute Gasteiger partial charge is 0.395 e. The van der Waals surface area contributed by atoms with Crippen LogP contribution in [-0.4, -0.2) is 58.7 Å². The minimum atomic E-state index is -4.55. The lowest BCUT2D eigenvalue weighted by Gasteiger charge is -2.26. The average Bonchev–Trinajstić information content (AvgIpc) is 2.25. The van der Waals surface area contributed by atoms with Crippen LogP contribution in [-0.2, 0) is 29.1 Å². The molecule has 0 saturated heterocycles. The quantitative estimate of drug-likeness (QED) is 0.411. The second-order valence-electron chi connectivity index (χ2n) is 4.78. The van der Waals surface area contributed by atoms with Gasteiger partial charge in [-0.2, -0.15) is 16.8 Å². The number of hydrogen-bond donors (Lipinski definition) is 2. The first-order valence-electron chi connectivity index (χ1n) is 6.63. The Labute approximate surface area is 127 Å². The minimum Gasteiger partial charge on any atom is -0.395 e. The Balaban J connectivity index is 4.69. The standard InChI is InChI=1S/C10H24O8S2Si/c1-4-17-21(3,18-5-2)8-6-7-10(20(14,15)16)9-19(11,12)13/h10H,4-9H2,1-3H3,(H,11,12,13)(H,14,15,16). The fourth-order valence-corrected chi connectivity index (χ4v) is 6.75. The third-order valence-corrected chi connectivity index (χ3v) is 8.21. The molecule has 0 fully saturated rings. The summed E-state index contributed by atoms with van der Waals surface area (Å²) >= 11 is 0. The molecular weight excluding hydrogens is 340 g/mol. The molecule has 0 aliphatic heterocycles. The van der Waals surface area contributed by atoms with Crippen molar-refractivity contribution >= 4 is 28.8 Å². The van der Waals surface area contributed by atoms with Crippen molar-refractivity contribution < 1.29 is 34.8 Å². The molecule has 128 valence electrons. The van der Waals surface area contributed by atoms with Gasteiger partial charge in [0.1, 0.15) is 5.25 Å². The Morgan fingerprint density at radius 1 is 1.05 bits per heavy atom. The summed E-state index contributed by atoms with van der Waals surface area (Å²) in [6.45, 7) is 6.42. The summed E-state index contributed by atoms with van der Waals surface area (Å²) in [5.41, 5.74) is 0. The van der Waals surface area contributed by atoms with Crippen molar-refractivity contribution in [2.24, 2.45) is 0 Å². The molecule has 0 amide bonds. The lowest BCUT2D eigenvalue weighted by molar-refractivity contribution is 0.188. The Hall–Kier alpha value is -0.0431. The molecule has 0 aliphatic carbocycles. The Morgan fingerprint density at radius 2 is 1.52 bits per heavy atom. The van der Waals surface area contributed by atoms with Gasteiger partial charge in [-0.3, -0.25) is 9.11 Å². The lowest BCUT2D eigenvalue weighted by atomic mass is 10.3. The smallest absolute Gasteiger partial charge is 0.334 e. The first-order chi connectivity index (χ1) is 9.43. The monoisotopic (exact) mass is 364 g/mol. The topological polar surface area (TPSA) is 127 Å². The molecule has 21 heavy (non-hydrogen) atoms. The van der Waals surface area contributed by atoms with Gasteiger partial charge in [-0.15, -0.1) is 0 Å². The molecule has 2 N–H and O–H groups in total. The highest BCUT2D eigenvalue weighted by Gasteiger charge is 2.33. The zero-order chi connectivity index (χ0) is 16.7. The van der Waals surface area contributed by atoms with Crippen molar-refractivity contribution in [3.63, 3.8) is 0 Å². The highest BCUT2D eigenvalue weighted by Crippen LogP contribution is 2.20. The van der Waals surface area contributed by atoms with Gasteiger partial charge in [0.05, 0.1) is 5.75 Å². The van der Waals surface area contributed by atoms with Crippen LogP contribution < -0.4 is 0 Å². The van der Waals surface area contributed by atoms with Crippen LogP contribution in [0.25, 0.3) is 0 Å². The predicted molar refractivity (Wildman–Crippen MR) is 80.7 cm³/mol. The van der Waals surface area contributed by atoms with E-state index in [1.165, 1.54) is 0 Å². The molecule has 0 aromatic carbocycles. The third kappa shape index (κ3) is 9.55. The van der Waals surface area contributed by atoms with Gasteiger partial charge >= 0.3 is 8.56 Å². The second-order valence-corrected chi connectivity index (χ2v) is 11.3. The molecular formula is C10H24O8S2Si. The van der Waals surface area contributed by atoms with Crippen molar-refractivity contribution in [3.05, 3.63) is 0 Å². The van der Waals surface area contributed by atoms with E-state index in [2.05, 4.69) is 0 Å². The first-order valence-corrected chi connectivity index (χ1v) is 12.3. The first kappa shape index (κ1) is 21.0. The summed E-state index contributed by atoms with van der Waals surface area (Å²) in [5, 5.41) is -1.55. The molecule has 1 atom stereocenters. The number of hydrogen-bond acceptors (Lipinski definition) is 6. The van der Waals surface area contributed by atoms with Crippen molar-refractivity contribution in [1.29, 1.82) is 0 Å². The van der Waals surface area contributed by atoms with Crippen LogP contribution in [0.4, 0.5) is 0 Å². The average molecular weight is 365 g/mol. The molecule has 0 spiro atoms. The van der Waals surface area contributed by atoms with Crippen LogP contribution in [0.5, 0.6) is 0 Å². The van der Waals surface area contributed by atoms with Gasteiger partial charge in [-0.05, 0) is 39.3 Å². The van der Waals surface area contributed by atoms with Gasteiger partial charge < -0.3 is 8.85 Å². The Kier molecular flexibility index (Phi) is 8.54. The van der Waals surface area contributed by atoms with E-state index < -0.39 is 39.8 Å². The maximum atomic E-state index is 11.1. The highest BCUT2D eigenvalue weighted by atomic mass is 32.2. The zero-order valence-corrected chi connectivity index (χ0v) is 15.1. The Bertz CT molecular complexity index is 495. The van der Waals surface area contributed by atoms with Crippen LogP contribution in [0.15, 0.2) is 0 Å². The zero-order valence-electron chi connectivity index (χ0n) is 12.5. The van der Waals surface area contributed by atoms with Gasteiger partial charge in [-0.1, -0.05) is 0 Å². The van der Waals surface area contributed by atoms with E-state index in [0.717, 1.165) is 0 Å². The summed E-state index contributed by atoms with van der Waals surface area (Å²) in [7, 11) is -11.5. The summed E-state index contributed by atoms with van der Waals surface area (Å²) in [6.07, 6.45) is 0.212. The van der Waals surface area contributed by atoms with Crippen molar-refractivity contribution in [3.8, 4) is 0 Å². The van der Waals surface area contributed by atoms with Gasteiger partial charge in [0.15, 0.2) is 0 Å². The molecule has 0 saturated carbocycles. The molecule has 0 aromatic rings. The molecule has 11 heteroatoms. The summed E-state index contributed by atoms with van der Waals surface area (Å²) in [6, 6.07) is 0.464. The highest BCUT2D eigenvalue weighted by molar-refractivity contribution is 7.90. The van der Waals surface area contributed by atoms with E-state index in [-0.39, 0.29) is 6.42 Å². The maximum Gasteiger partial charge on any atom is 0.334 e. The van der Waals surface area contributed by atoms with Crippen LogP contribution in [0, 0.1) is 0 Å². The van der Waals surface area contributed by atoms with Crippen molar-refractivity contribution in [2.45, 2.75) is 44.5 Å². The minimum absolute atomic E-state index is 0.0959. The fraction of sp³-hybridized carbons (Fsp3) is 1.00. The molecule has 0 rings (SSSR count). The van der Waals surface area contributed by atoms with E-state index in [4.69, 9.17) is 18.0 Å². The maximum absolute atomic E-state index is 11.1. The lowest BCUT2D eigenvalue weighted by Crippen LogP contribution is -2.39. The fourth-order valence-electron chi connectivity index (χ4n) is 2.00. The summed E-state index contributed by atoms with van der Waals surface area (Å²) < 4.78 is 72.8. The predicted octanol–water partition coefficient (Wildman–Crippen LogP) is 1.06. The van der Waals surface area contributed by atoms with Crippen molar-refractivity contribution in [1.82, 2.24) is 0 Å². The van der Waals surface area contributed by atoms with Crippen LogP contribution >= 0.6 is 0 Å². The molecule has 0 aliphatic rings. The van der Waals surface area contributed by atoms with E-state index in [9.17, 15) is 16.8 Å². The Morgan fingerprint density at radius 3 is 1.86 bits per heavy atom. The second kappa shape index (κ2) is 8.55. The molecule has 0 aromatic heterocycles. The molecule has 1 unspecified atom stereocenters. The van der Waals surface area contributed by atoms with E-state index in [1.54, 1.807) is 0 Å². The van der Waals surface area contributed by atoms with Gasteiger partial charge in [-0.25, -0.2) is 0 Å². The molecule has 0 bridgehead atoms. The molecule has 8 nitrogen and oxygen atoms in total. The van der Waals surface area contributed by atoms with Gasteiger partial charge in [0.25, 0.3) is 20.2 Å². The molecule has 0 radical (unpaired) electrons. The van der Waals surface area contributed by atoms with Crippen LogP contribution in [0.1, 0.15) is 26.7 Å². The third-order valence-electron chi connectivity index (χ3n) is 2.87. The normalized spacial score (nSPS) is 15.1. The summed E-state index contributed by atoms with van der Waals surface area (Å²) in [4.78, 5) is 0. The SMILES string of the molecule is CCO[Si](C)(CCCC(CS(=O)(=O)O)S(=O)(=O)O)OCC. The van der Waals surface area contributed by atoms with Crippen molar-refractivity contribution in [2.75, 3.05) is 19.0 Å². The van der Waals surface area contributed by atoms with Gasteiger partial charge in [0.2, 0.25) is 0 Å². The van der Waals surface area contributed by atoms with E-state index >= 15 is 0 Å². The summed E-state index contributed by atoms with van der Waals surface area (Å²) in [5.74, 6) is -1.02. The number of rotatable bonds is 11. The van der Waals surface area contributed by atoms with Gasteiger partial charge in [0, 0.05) is 13.2 Å². The van der Waals surface area contributed by atoms with E-state index in [0.29, 0.717) is 25.7 Å². The van der Waals surface area contributed by atoms with Crippen LogP contribution in [0.2, 0.25) is 12.6 Å². The van der Waals surface area contributed by atoms with E-state index in [1.807, 2.05) is 20.4 Å². The molecule has 0 heterocycles.